The molecule has 0 aliphatic rings. The largest absolute Gasteiger partial charge is 0.265 e. The van der Waals surface area contributed by atoms with Gasteiger partial charge in [-0.3, -0.25) is 9.36 Å². The van der Waals surface area contributed by atoms with E-state index in [1.54, 1.807) is 15.7 Å². The first kappa shape index (κ1) is 72.2. The molecule has 10 nitrogen and oxygen atoms in total. The van der Waals surface area contributed by atoms with Crippen molar-refractivity contribution in [2.45, 2.75) is 13.8 Å². The summed E-state index contributed by atoms with van der Waals surface area (Å²) in [5, 5.41) is 26.4. The second-order valence-corrected chi connectivity index (χ2v) is 22.0. The van der Waals surface area contributed by atoms with Crippen LogP contribution in [0.1, 0.15) is 11.4 Å². The molecule has 4 radical (unpaired) electrons. The van der Waals surface area contributed by atoms with Gasteiger partial charge >= 0.3 is 0 Å². The molecule has 488 valence electrons. The first-order chi connectivity index (χ1) is 46.4. The van der Waals surface area contributed by atoms with Gasteiger partial charge in [-0.15, -0.1) is 29.4 Å². The average Bonchev–Trinajstić information content (AvgIpc) is 1.65. The maximum absolute atomic E-state index is 4.72. The smallest absolute Gasteiger partial charge is 0.113 e. The Bertz CT molecular complexity index is 4590. The van der Waals surface area contributed by atoms with Gasteiger partial charge in [-0.1, -0.05) is 224 Å². The van der Waals surface area contributed by atoms with Gasteiger partial charge in [-0.05, 0) is 92.2 Å². The Morgan fingerprint density at radius 3 is 1.04 bits per heavy atom. The fraction of sp³-hybridized carbons (Fsp3) is 0.0238. The van der Waals surface area contributed by atoms with Crippen LogP contribution in [0.15, 0.2) is 340 Å². The van der Waals surface area contributed by atoms with Crippen LogP contribution in [-0.4, -0.2) is 49.5 Å². The van der Waals surface area contributed by atoms with Gasteiger partial charge in [0.25, 0.3) is 0 Å². The quantitative estimate of drug-likeness (QED) is 0.113. The van der Waals surface area contributed by atoms with E-state index in [1.165, 1.54) is 55.6 Å². The molecule has 4 aromatic heterocycles. The van der Waals surface area contributed by atoms with Gasteiger partial charge in [-0.25, -0.2) is 4.68 Å². The second kappa shape index (κ2) is 35.8. The summed E-state index contributed by atoms with van der Waals surface area (Å²) in [7, 11) is 0. The predicted molar refractivity (Wildman–Crippen MR) is 378 cm³/mol. The number of hydrogen-bond donors (Lipinski definition) is 0. The summed E-state index contributed by atoms with van der Waals surface area (Å²) in [4.78, 5) is 1.60. The number of hydrogen-bond acceptors (Lipinski definition) is 6. The second-order valence-electron chi connectivity index (χ2n) is 22.0. The van der Waals surface area contributed by atoms with E-state index in [1.807, 2.05) is 174 Å². The van der Waals surface area contributed by atoms with Crippen molar-refractivity contribution in [1.29, 1.82) is 0 Å². The van der Waals surface area contributed by atoms with Crippen LogP contribution in [-0.2, 0) is 80.4 Å². The van der Waals surface area contributed by atoms with Crippen molar-refractivity contribution in [3.8, 4) is 112 Å². The minimum absolute atomic E-state index is 0. The van der Waals surface area contributed by atoms with E-state index in [9.17, 15) is 0 Å². The molecule has 0 bridgehead atoms. The van der Waals surface area contributed by atoms with Crippen LogP contribution >= 0.6 is 0 Å². The van der Waals surface area contributed by atoms with Gasteiger partial charge < -0.3 is 0 Å². The van der Waals surface area contributed by atoms with Crippen molar-refractivity contribution < 1.29 is 80.4 Å². The summed E-state index contributed by atoms with van der Waals surface area (Å²) in [6, 6.07) is 119. The molecule has 16 rings (SSSR count). The van der Waals surface area contributed by atoms with Crippen molar-refractivity contribution in [1.82, 2.24) is 49.5 Å². The summed E-state index contributed by atoms with van der Waals surface area (Å²) < 4.78 is 5.55. The molecule has 0 saturated heterocycles. The van der Waals surface area contributed by atoms with E-state index >= 15 is 0 Å². The van der Waals surface area contributed by atoms with Gasteiger partial charge in [0.2, 0.25) is 0 Å². The fourth-order valence-electron chi connectivity index (χ4n) is 10.9. The fourth-order valence-corrected chi connectivity index (χ4v) is 10.9. The number of rotatable bonds is 12. The molecule has 0 amide bonds. The van der Waals surface area contributed by atoms with Crippen LogP contribution in [0.2, 0.25) is 0 Å². The molecule has 0 aliphatic heterocycles. The Hall–Kier alpha value is -10.1. The molecule has 0 atom stereocenters. The zero-order valence-electron chi connectivity index (χ0n) is 53.1. The van der Waals surface area contributed by atoms with E-state index in [0.29, 0.717) is 0 Å². The molecule has 16 aromatic rings. The summed E-state index contributed by atoms with van der Waals surface area (Å²) in [6.07, 6.45) is 7.61. The predicted octanol–water partition coefficient (Wildman–Crippen LogP) is 19.4. The zero-order chi connectivity index (χ0) is 63.7. The summed E-state index contributed by atoms with van der Waals surface area (Å²) in [5.41, 5.74) is 23.9. The molecule has 14 heteroatoms. The minimum atomic E-state index is 0. The Kier molecular flexibility index (Phi) is 26.4. The Labute approximate surface area is 626 Å². The molecule has 0 fully saturated rings. The Morgan fingerprint density at radius 1 is 0.276 bits per heavy atom. The topological polar surface area (TPSA) is 97.1 Å². The van der Waals surface area contributed by atoms with Crippen molar-refractivity contribution in [3.63, 3.8) is 0 Å². The minimum Gasteiger partial charge on any atom is -0.265 e. The monoisotopic (exact) mass is 1980 g/mol. The van der Waals surface area contributed by atoms with E-state index < -0.39 is 0 Å². The number of benzene rings is 12. The maximum atomic E-state index is 4.72. The van der Waals surface area contributed by atoms with Crippen LogP contribution < -0.4 is 0 Å². The van der Waals surface area contributed by atoms with E-state index in [4.69, 9.17) is 5.10 Å². The van der Waals surface area contributed by atoms with Crippen LogP contribution in [0.3, 0.4) is 0 Å². The third kappa shape index (κ3) is 18.1. The first-order valence-electron chi connectivity index (χ1n) is 30.9. The summed E-state index contributed by atoms with van der Waals surface area (Å²) in [6.45, 7) is 4.17. The summed E-state index contributed by atoms with van der Waals surface area (Å²) in [5.74, 6) is 0. The van der Waals surface area contributed by atoms with E-state index in [2.05, 4.69) is 234 Å². The number of para-hydroxylation sites is 4. The van der Waals surface area contributed by atoms with Crippen LogP contribution in [0.25, 0.3) is 112 Å². The van der Waals surface area contributed by atoms with Crippen LogP contribution in [0, 0.1) is 38.1 Å². The van der Waals surface area contributed by atoms with Gasteiger partial charge in [0.05, 0.1) is 24.3 Å². The molecule has 0 spiro atoms. The normalized spacial score (nSPS) is 10.2. The van der Waals surface area contributed by atoms with E-state index in [0.717, 1.165) is 67.8 Å². The first-order valence-corrected chi connectivity index (χ1v) is 30.9. The van der Waals surface area contributed by atoms with Crippen molar-refractivity contribution in [2.75, 3.05) is 0 Å². The van der Waals surface area contributed by atoms with Crippen molar-refractivity contribution in [2.24, 2.45) is 0 Å². The zero-order valence-corrected chi connectivity index (χ0v) is 62.7. The van der Waals surface area contributed by atoms with Crippen LogP contribution in [0.5, 0.6) is 0 Å². The molecular formula is C84H62Ir4N10-4. The molecule has 0 aliphatic carbocycles. The molecule has 12 aromatic carbocycles. The van der Waals surface area contributed by atoms with E-state index in [-0.39, 0.29) is 80.4 Å². The van der Waals surface area contributed by atoms with Gasteiger partial charge in [0.15, 0.2) is 0 Å². The molecule has 4 heterocycles. The SMILES string of the molecule is Cc1nn(-c2[c-]cccc2)c(C)c1-c1ccc(-c2ccccc2)cc1.[Ir].[Ir].[Ir].[Ir].[c-]1ccccc1-n1cc(-c2ccc(-c3ccccc3)cc2)cn1.[c-]1ccccc1-n1cc(-c2ccc(-c3ccccc3)cc2)nn1.[c-]1ccccc1-n1ncc(-c2ccc(-c3ccccc3)cc2)n1. The van der Waals surface area contributed by atoms with Gasteiger partial charge in [0, 0.05) is 115 Å². The number of aryl methyl sites for hydroxylation is 1. The molecule has 0 unspecified atom stereocenters. The summed E-state index contributed by atoms with van der Waals surface area (Å²) >= 11 is 0. The number of nitrogens with zero attached hydrogens (tertiary/aromatic N) is 10. The number of aromatic nitrogens is 10. The third-order valence-corrected chi connectivity index (χ3v) is 15.7. The average molecular weight is 1980 g/mol. The molecular weight excluding hydrogens is 1920 g/mol. The molecule has 0 saturated carbocycles. The van der Waals surface area contributed by atoms with Crippen molar-refractivity contribution in [3.05, 3.63) is 376 Å². The Morgan fingerprint density at radius 2 is 0.622 bits per heavy atom. The third-order valence-electron chi connectivity index (χ3n) is 15.7. The Balaban J connectivity index is 0.000000151. The van der Waals surface area contributed by atoms with Gasteiger partial charge in [0.1, 0.15) is 11.4 Å². The maximum Gasteiger partial charge on any atom is 0.113 e. The van der Waals surface area contributed by atoms with Crippen molar-refractivity contribution >= 4 is 0 Å². The standard InChI is InChI=1S/C23H19N2.C21H15N2.2C20H14N3.4Ir/c1-17-23(18(2)25(24-17)22-11-7-4-8-12-22)21-15-13-20(14-16-21)19-9-5-3-6-10-19;1-3-7-17(8-4-1)18-11-13-19(14-12-18)20-15-22-23(16-20)21-9-5-2-6-10-21;1-3-7-16(8-4-1)17-11-13-18(14-12-17)20-15-23(22-21-20)19-9-5-2-6-10-19;1-3-7-16(8-4-1)17-11-13-18(14-12-17)20-15-21-23(22-20)19-9-5-2-6-10-19;;;;/h3-11,13-16H,1-2H3;1-9,11-16H;2*1-9,11-15H;;;;/q4*-1;;;;. The van der Waals surface area contributed by atoms with Gasteiger partial charge in [-0.2, -0.15) is 122 Å². The molecule has 98 heavy (non-hydrogen) atoms. The van der Waals surface area contributed by atoms with Crippen LogP contribution in [0.4, 0.5) is 0 Å². The molecule has 0 N–H and O–H groups in total.